The summed E-state index contributed by atoms with van der Waals surface area (Å²) in [5.41, 5.74) is 1.13. The standard InChI is InChI=1S/C29H45NO4/c1-7-28(5,34-19(3)31)26(32)33-21-12-14-27(4)20(16-21)8-9-22-24(27)13-15-29-17-30(6)18(2)23(29)10-11-25(22)29/h8,18,21-25H,7,9-17H2,1-6H3/t18-,21-,22+,23+,24-,25-,27-,28?,29-/m0/s1. The number of hydrogen-bond donors (Lipinski definition) is 0. The number of carbonyl (C=O) groups excluding carboxylic acids is 2. The van der Waals surface area contributed by atoms with Crippen molar-refractivity contribution in [3.05, 3.63) is 11.6 Å². The van der Waals surface area contributed by atoms with Crippen molar-refractivity contribution in [2.75, 3.05) is 13.6 Å². The van der Waals surface area contributed by atoms with Crippen LogP contribution in [0, 0.1) is 34.5 Å². The van der Waals surface area contributed by atoms with Gasteiger partial charge in [0.05, 0.1) is 0 Å². The summed E-state index contributed by atoms with van der Waals surface area (Å²) < 4.78 is 11.3. The summed E-state index contributed by atoms with van der Waals surface area (Å²) >= 11 is 0. The van der Waals surface area contributed by atoms with Gasteiger partial charge in [0, 0.05) is 25.9 Å². The van der Waals surface area contributed by atoms with Gasteiger partial charge in [-0.25, -0.2) is 4.79 Å². The first-order chi connectivity index (χ1) is 16.0. The molecule has 5 rings (SSSR count). The van der Waals surface area contributed by atoms with E-state index in [0.29, 0.717) is 11.8 Å². The molecule has 4 aliphatic carbocycles. The second kappa shape index (κ2) is 8.35. The molecule has 1 unspecified atom stereocenters. The van der Waals surface area contributed by atoms with Crippen LogP contribution in [0.3, 0.4) is 0 Å². The largest absolute Gasteiger partial charge is 0.459 e. The van der Waals surface area contributed by atoms with Gasteiger partial charge in [0.15, 0.2) is 0 Å². The zero-order chi connectivity index (χ0) is 24.5. The Morgan fingerprint density at radius 2 is 1.88 bits per heavy atom. The SMILES string of the molecule is CCC(C)(OC(C)=O)C(=O)O[C@H]1CC[C@@]2(C)C(=CC[C@H]3[C@@H]4CC[C@@H]5[C@H](C)N(C)C[C@@]54CC[C@@H]32)C1. The molecule has 0 aromatic carbocycles. The number of carbonyl (C=O) groups is 2. The Morgan fingerprint density at radius 1 is 1.15 bits per heavy atom. The van der Waals surface area contributed by atoms with Gasteiger partial charge in [-0.05, 0) is 107 Å². The zero-order valence-electron chi connectivity index (χ0n) is 22.2. The minimum atomic E-state index is -1.19. The van der Waals surface area contributed by atoms with Gasteiger partial charge in [-0.3, -0.25) is 4.79 Å². The summed E-state index contributed by atoms with van der Waals surface area (Å²) in [6.45, 7) is 11.1. The minimum Gasteiger partial charge on any atom is -0.459 e. The van der Waals surface area contributed by atoms with Gasteiger partial charge < -0.3 is 14.4 Å². The van der Waals surface area contributed by atoms with E-state index in [-0.39, 0.29) is 11.5 Å². The summed E-state index contributed by atoms with van der Waals surface area (Å²) in [5, 5.41) is 0. The molecule has 34 heavy (non-hydrogen) atoms. The molecule has 1 aliphatic heterocycles. The van der Waals surface area contributed by atoms with Gasteiger partial charge in [-0.15, -0.1) is 0 Å². The Bertz CT molecular complexity index is 883. The number of hydrogen-bond acceptors (Lipinski definition) is 5. The smallest absolute Gasteiger partial charge is 0.350 e. The van der Waals surface area contributed by atoms with Crippen molar-refractivity contribution in [1.29, 1.82) is 0 Å². The molecule has 190 valence electrons. The lowest BCUT2D eigenvalue weighted by molar-refractivity contribution is -0.185. The second-order valence-electron chi connectivity index (χ2n) is 12.8. The molecule has 5 nitrogen and oxygen atoms in total. The third kappa shape index (κ3) is 3.50. The van der Waals surface area contributed by atoms with Gasteiger partial charge in [0.2, 0.25) is 5.60 Å². The fourth-order valence-corrected chi connectivity index (χ4v) is 9.38. The van der Waals surface area contributed by atoms with E-state index >= 15 is 0 Å². The Hall–Kier alpha value is -1.36. The number of esters is 2. The lowest BCUT2D eigenvalue weighted by atomic mass is 9.47. The van der Waals surface area contributed by atoms with Crippen molar-refractivity contribution in [2.24, 2.45) is 34.5 Å². The molecule has 9 atom stereocenters. The molecule has 0 aromatic rings. The van der Waals surface area contributed by atoms with Crippen molar-refractivity contribution >= 4 is 11.9 Å². The quantitative estimate of drug-likeness (QED) is 0.399. The molecule has 3 saturated carbocycles. The maximum Gasteiger partial charge on any atom is 0.350 e. The van der Waals surface area contributed by atoms with E-state index in [0.717, 1.165) is 49.0 Å². The number of ether oxygens (including phenoxy) is 2. The van der Waals surface area contributed by atoms with Gasteiger partial charge in [-0.1, -0.05) is 25.5 Å². The van der Waals surface area contributed by atoms with Crippen molar-refractivity contribution < 1.29 is 19.1 Å². The monoisotopic (exact) mass is 471 g/mol. The van der Waals surface area contributed by atoms with E-state index < -0.39 is 17.5 Å². The molecule has 1 spiro atoms. The van der Waals surface area contributed by atoms with Crippen LogP contribution in [0.15, 0.2) is 11.6 Å². The normalized spacial score (nSPS) is 45.2. The summed E-state index contributed by atoms with van der Waals surface area (Å²) in [4.78, 5) is 27.1. The van der Waals surface area contributed by atoms with Crippen molar-refractivity contribution in [1.82, 2.24) is 4.90 Å². The number of rotatable bonds is 4. The number of likely N-dealkylation sites (tertiary alicyclic amines) is 1. The Morgan fingerprint density at radius 3 is 2.59 bits per heavy atom. The van der Waals surface area contributed by atoms with Gasteiger partial charge in [0.1, 0.15) is 6.10 Å². The average molecular weight is 472 g/mol. The second-order valence-corrected chi connectivity index (χ2v) is 12.8. The first-order valence-electron chi connectivity index (χ1n) is 13.8. The van der Waals surface area contributed by atoms with E-state index in [4.69, 9.17) is 9.47 Å². The lowest BCUT2D eigenvalue weighted by Crippen LogP contribution is -2.52. The molecule has 0 bridgehead atoms. The molecular formula is C29H45NO4. The highest BCUT2D eigenvalue weighted by Crippen LogP contribution is 2.68. The summed E-state index contributed by atoms with van der Waals surface area (Å²) in [5.74, 6) is 2.51. The number of nitrogens with zero attached hydrogens (tertiary/aromatic N) is 1. The Balaban J connectivity index is 1.31. The maximum absolute atomic E-state index is 12.9. The van der Waals surface area contributed by atoms with Crippen LogP contribution in [0.5, 0.6) is 0 Å². The predicted octanol–water partition coefficient (Wildman–Crippen LogP) is 5.52. The summed E-state index contributed by atoms with van der Waals surface area (Å²) in [7, 11) is 2.34. The average Bonchev–Trinajstić information content (AvgIpc) is 3.27. The van der Waals surface area contributed by atoms with Crippen LogP contribution in [-0.4, -0.2) is 48.2 Å². The van der Waals surface area contributed by atoms with E-state index in [1.807, 2.05) is 6.92 Å². The summed E-state index contributed by atoms with van der Waals surface area (Å²) in [6.07, 6.45) is 12.5. The molecule has 0 amide bonds. The topological polar surface area (TPSA) is 55.8 Å². The van der Waals surface area contributed by atoms with Crippen LogP contribution in [0.25, 0.3) is 0 Å². The van der Waals surface area contributed by atoms with Crippen molar-refractivity contribution in [3.8, 4) is 0 Å². The molecule has 1 heterocycles. The van der Waals surface area contributed by atoms with Gasteiger partial charge in [0.25, 0.3) is 0 Å². The van der Waals surface area contributed by atoms with Crippen LogP contribution in [-0.2, 0) is 19.1 Å². The first kappa shape index (κ1) is 24.3. The Labute approximate surface area is 206 Å². The highest BCUT2D eigenvalue weighted by Gasteiger charge is 2.64. The van der Waals surface area contributed by atoms with E-state index in [9.17, 15) is 9.59 Å². The number of allylic oxidation sites excluding steroid dienone is 1. The molecule has 0 N–H and O–H groups in total. The van der Waals surface area contributed by atoms with Crippen LogP contribution in [0.2, 0.25) is 0 Å². The van der Waals surface area contributed by atoms with Crippen LogP contribution >= 0.6 is 0 Å². The fraction of sp³-hybridized carbons (Fsp3) is 0.862. The van der Waals surface area contributed by atoms with Crippen LogP contribution in [0.4, 0.5) is 0 Å². The van der Waals surface area contributed by atoms with Gasteiger partial charge >= 0.3 is 11.9 Å². The lowest BCUT2D eigenvalue weighted by Gasteiger charge is -2.58. The highest BCUT2D eigenvalue weighted by atomic mass is 16.6. The van der Waals surface area contributed by atoms with E-state index in [1.165, 1.54) is 51.1 Å². The molecule has 5 heteroatoms. The van der Waals surface area contributed by atoms with Crippen LogP contribution in [0.1, 0.15) is 92.4 Å². The molecule has 5 aliphatic rings. The maximum atomic E-state index is 12.9. The zero-order valence-corrected chi connectivity index (χ0v) is 22.2. The van der Waals surface area contributed by atoms with Crippen molar-refractivity contribution in [2.45, 2.75) is 110 Å². The fourth-order valence-electron chi connectivity index (χ4n) is 9.38. The Kier molecular flexibility index (Phi) is 5.98. The molecular weight excluding hydrogens is 426 g/mol. The summed E-state index contributed by atoms with van der Waals surface area (Å²) in [6, 6.07) is 0.734. The van der Waals surface area contributed by atoms with Crippen molar-refractivity contribution in [3.63, 3.8) is 0 Å². The molecule has 0 radical (unpaired) electrons. The first-order valence-corrected chi connectivity index (χ1v) is 13.8. The minimum absolute atomic E-state index is 0.111. The molecule has 0 aromatic heterocycles. The third-order valence-electron chi connectivity index (χ3n) is 11.4. The molecule has 4 fully saturated rings. The number of fused-ring (bicyclic) bond motifs is 4. The highest BCUT2D eigenvalue weighted by molar-refractivity contribution is 5.82. The molecule has 1 saturated heterocycles. The van der Waals surface area contributed by atoms with Gasteiger partial charge in [-0.2, -0.15) is 0 Å². The third-order valence-corrected chi connectivity index (χ3v) is 11.4. The van der Waals surface area contributed by atoms with E-state index in [1.54, 1.807) is 6.92 Å². The predicted molar refractivity (Wildman–Crippen MR) is 132 cm³/mol. The van der Waals surface area contributed by atoms with E-state index in [2.05, 4.69) is 31.9 Å². The van der Waals surface area contributed by atoms with Crippen LogP contribution < -0.4 is 0 Å².